The van der Waals surface area contributed by atoms with E-state index in [1.165, 1.54) is 23.5 Å². The number of hydrogen-bond acceptors (Lipinski definition) is 5. The van der Waals surface area contributed by atoms with E-state index in [2.05, 4.69) is 5.32 Å². The minimum Gasteiger partial charge on any atom is -0.486 e. The Labute approximate surface area is 191 Å². The highest BCUT2D eigenvalue weighted by Gasteiger charge is 2.28. The summed E-state index contributed by atoms with van der Waals surface area (Å²) in [6.07, 6.45) is -4.51. The van der Waals surface area contributed by atoms with Crippen molar-refractivity contribution in [1.29, 1.82) is 0 Å². The highest BCUT2D eigenvalue weighted by Crippen LogP contribution is 2.37. The normalized spacial score (nSPS) is 12.8. The molecule has 0 aliphatic carbocycles. The fourth-order valence-electron chi connectivity index (χ4n) is 3.18. The molecule has 0 atom stereocenters. The zero-order chi connectivity index (χ0) is 23.6. The minimum atomic E-state index is -4.51. The summed E-state index contributed by atoms with van der Waals surface area (Å²) in [6, 6.07) is 13.4. The Kier molecular flexibility index (Phi) is 6.28. The molecule has 0 saturated carbocycles. The molecule has 1 aromatic heterocycles. The molecule has 0 spiro atoms. The van der Waals surface area contributed by atoms with Crippen molar-refractivity contribution >= 4 is 28.8 Å². The lowest BCUT2D eigenvalue weighted by atomic mass is 10.1. The maximum atomic E-state index is 12.8. The van der Waals surface area contributed by atoms with E-state index in [0.717, 1.165) is 10.4 Å². The minimum absolute atomic E-state index is 0.0169. The molecule has 1 aliphatic rings. The van der Waals surface area contributed by atoms with E-state index in [4.69, 9.17) is 9.47 Å². The van der Waals surface area contributed by atoms with Gasteiger partial charge in [0.1, 0.15) is 19.8 Å². The van der Waals surface area contributed by atoms with Gasteiger partial charge < -0.3 is 20.1 Å². The second-order valence-corrected chi connectivity index (χ2v) is 8.39. The van der Waals surface area contributed by atoms with Gasteiger partial charge in [-0.15, -0.1) is 11.3 Å². The molecule has 0 bridgehead atoms. The van der Waals surface area contributed by atoms with Gasteiger partial charge in [-0.1, -0.05) is 6.07 Å². The number of halogens is 3. The van der Waals surface area contributed by atoms with E-state index >= 15 is 0 Å². The molecule has 1 aliphatic heterocycles. The van der Waals surface area contributed by atoms with Crippen LogP contribution < -0.4 is 20.1 Å². The Morgan fingerprint density at radius 1 is 0.970 bits per heavy atom. The number of thiophene rings is 1. The molecule has 2 heterocycles. The van der Waals surface area contributed by atoms with Crippen LogP contribution in [0, 0.1) is 6.92 Å². The Morgan fingerprint density at radius 2 is 1.73 bits per heavy atom. The third-order valence-corrected chi connectivity index (χ3v) is 5.99. The van der Waals surface area contributed by atoms with E-state index in [9.17, 15) is 22.8 Å². The van der Waals surface area contributed by atoms with Crippen molar-refractivity contribution in [3.05, 3.63) is 64.5 Å². The molecule has 172 valence electrons. The topological polar surface area (TPSA) is 76.7 Å². The van der Waals surface area contributed by atoms with Crippen molar-refractivity contribution in [2.24, 2.45) is 0 Å². The number of hydrogen-bond donors (Lipinski definition) is 2. The van der Waals surface area contributed by atoms with Gasteiger partial charge >= 0.3 is 6.18 Å². The van der Waals surface area contributed by atoms with Gasteiger partial charge in [-0.25, -0.2) is 0 Å². The molecule has 4 rings (SSSR count). The first-order valence-corrected chi connectivity index (χ1v) is 10.8. The summed E-state index contributed by atoms with van der Waals surface area (Å²) in [5.74, 6) is 0.0585. The predicted molar refractivity (Wildman–Crippen MR) is 118 cm³/mol. The highest BCUT2D eigenvalue weighted by atomic mass is 32.1. The summed E-state index contributed by atoms with van der Waals surface area (Å²) in [4.78, 5) is 26.1. The van der Waals surface area contributed by atoms with Crippen LogP contribution in [0.1, 0.15) is 25.6 Å². The summed E-state index contributed by atoms with van der Waals surface area (Å²) in [5, 5.41) is 4.55. The Bertz CT molecular complexity index is 1210. The summed E-state index contributed by atoms with van der Waals surface area (Å²) in [6.45, 7) is 1.27. The number of ether oxygens (including phenoxy) is 2. The van der Waals surface area contributed by atoms with Gasteiger partial charge in [0.25, 0.3) is 11.8 Å². The largest absolute Gasteiger partial charge is 0.486 e. The van der Waals surface area contributed by atoms with Crippen LogP contribution in [0.15, 0.2) is 48.5 Å². The number of aryl methyl sites for hydroxylation is 1. The number of nitrogens with one attached hydrogen (secondary N) is 2. The Morgan fingerprint density at radius 3 is 2.48 bits per heavy atom. The summed E-state index contributed by atoms with van der Waals surface area (Å²) >= 11 is 1.28. The van der Waals surface area contributed by atoms with Gasteiger partial charge in [-0.3, -0.25) is 9.59 Å². The zero-order valence-corrected chi connectivity index (χ0v) is 18.2. The van der Waals surface area contributed by atoms with Crippen molar-refractivity contribution in [2.75, 3.05) is 25.1 Å². The smallest absolute Gasteiger partial charge is 0.405 e. The van der Waals surface area contributed by atoms with E-state index in [0.29, 0.717) is 40.8 Å². The van der Waals surface area contributed by atoms with E-state index in [1.807, 2.05) is 29.6 Å². The number of fused-ring (bicyclic) bond motifs is 1. The molecule has 3 aromatic rings. The lowest BCUT2D eigenvalue weighted by molar-refractivity contribution is -0.123. The number of rotatable bonds is 5. The highest BCUT2D eigenvalue weighted by molar-refractivity contribution is 7.17. The second-order valence-electron chi connectivity index (χ2n) is 7.30. The summed E-state index contributed by atoms with van der Waals surface area (Å²) < 4.78 is 48.2. The van der Waals surface area contributed by atoms with Gasteiger partial charge in [-0.2, -0.15) is 13.2 Å². The van der Waals surface area contributed by atoms with E-state index < -0.39 is 18.6 Å². The molecule has 10 heteroatoms. The first-order valence-electron chi connectivity index (χ1n) is 9.96. The van der Waals surface area contributed by atoms with Crippen LogP contribution in [0.5, 0.6) is 11.5 Å². The molecule has 0 fully saturated rings. The molecule has 6 nitrogen and oxygen atoms in total. The monoisotopic (exact) mass is 476 g/mol. The number of benzene rings is 2. The van der Waals surface area contributed by atoms with Crippen LogP contribution in [0.4, 0.5) is 18.9 Å². The van der Waals surface area contributed by atoms with Crippen LogP contribution >= 0.6 is 11.3 Å². The van der Waals surface area contributed by atoms with Gasteiger partial charge in [0.2, 0.25) is 0 Å². The predicted octanol–water partition coefficient (Wildman–Crippen LogP) is 5.04. The number of alkyl halides is 3. The number of carbonyl (C=O) groups is 2. The molecule has 2 aromatic carbocycles. The van der Waals surface area contributed by atoms with Crippen molar-refractivity contribution in [3.8, 4) is 21.9 Å². The van der Waals surface area contributed by atoms with Crippen LogP contribution in [-0.4, -0.2) is 37.7 Å². The Balaban J connectivity index is 1.48. The zero-order valence-electron chi connectivity index (χ0n) is 17.4. The molecule has 0 radical (unpaired) electrons. The van der Waals surface area contributed by atoms with Crippen molar-refractivity contribution in [2.45, 2.75) is 13.1 Å². The fourth-order valence-corrected chi connectivity index (χ4v) is 4.07. The van der Waals surface area contributed by atoms with Crippen molar-refractivity contribution < 1.29 is 32.2 Å². The maximum absolute atomic E-state index is 12.8. The average Bonchev–Trinajstić information content (AvgIpc) is 3.28. The molecule has 33 heavy (non-hydrogen) atoms. The van der Waals surface area contributed by atoms with Crippen LogP contribution in [0.25, 0.3) is 10.4 Å². The molecule has 0 saturated heterocycles. The van der Waals surface area contributed by atoms with Gasteiger partial charge in [0.15, 0.2) is 11.5 Å². The first-order chi connectivity index (χ1) is 15.7. The maximum Gasteiger partial charge on any atom is 0.405 e. The van der Waals surface area contributed by atoms with E-state index in [-0.39, 0.29) is 11.5 Å². The average molecular weight is 476 g/mol. The van der Waals surface area contributed by atoms with Gasteiger partial charge in [0.05, 0.1) is 4.88 Å². The molecular formula is C23H19F3N2O4S. The third-order valence-electron chi connectivity index (χ3n) is 4.85. The number of carbonyl (C=O) groups excluding carboxylic acids is 2. The molecule has 2 N–H and O–H groups in total. The van der Waals surface area contributed by atoms with E-state index in [1.54, 1.807) is 19.1 Å². The first kappa shape index (κ1) is 22.7. The van der Waals surface area contributed by atoms with Crippen molar-refractivity contribution in [1.82, 2.24) is 5.32 Å². The second kappa shape index (κ2) is 9.14. The lowest BCUT2D eigenvalue weighted by Gasteiger charge is -2.18. The van der Waals surface area contributed by atoms with Gasteiger partial charge in [0, 0.05) is 16.1 Å². The molecule has 2 amide bonds. The molecule has 0 unspecified atom stereocenters. The molecular weight excluding hydrogens is 457 g/mol. The van der Waals surface area contributed by atoms with Crippen LogP contribution in [0.2, 0.25) is 0 Å². The SMILES string of the molecule is Cc1ccc(C(=O)NCC(F)(F)F)cc1NC(=O)c1ccc(-c2ccc3c(c2)OCCO3)s1. The fraction of sp³-hybridized carbons (Fsp3) is 0.217. The quantitative estimate of drug-likeness (QED) is 0.541. The lowest BCUT2D eigenvalue weighted by Crippen LogP contribution is -2.33. The van der Waals surface area contributed by atoms with Crippen molar-refractivity contribution in [3.63, 3.8) is 0 Å². The summed E-state index contributed by atoms with van der Waals surface area (Å²) in [7, 11) is 0. The number of amides is 2. The Hall–Kier alpha value is -3.53. The number of anilines is 1. The van der Waals surface area contributed by atoms with Gasteiger partial charge in [-0.05, 0) is 60.5 Å². The summed E-state index contributed by atoms with van der Waals surface area (Å²) in [5.41, 5.74) is 1.90. The van der Waals surface area contributed by atoms with Crippen LogP contribution in [0.3, 0.4) is 0 Å². The van der Waals surface area contributed by atoms with Crippen LogP contribution in [-0.2, 0) is 0 Å². The third kappa shape index (κ3) is 5.46. The standard InChI is InChI=1S/C23H19F3N2O4S/c1-13-2-3-15(21(29)27-12-23(24,25)26)10-16(13)28-22(30)20-7-6-19(33-20)14-4-5-17-18(11-14)32-9-8-31-17/h2-7,10-11H,8-9,12H2,1H3,(H,27,29)(H,28,30).